The average molecular weight is 164 g/mol. The maximum absolute atomic E-state index is 5.23. The zero-order chi connectivity index (χ0) is 6.97. The molecule has 0 aliphatic carbocycles. The summed E-state index contributed by atoms with van der Waals surface area (Å²) in [7, 11) is 0.567. The Balaban J connectivity index is 2.01. The molecule has 2 bridgehead atoms. The van der Waals surface area contributed by atoms with E-state index in [1.807, 2.05) is 0 Å². The van der Waals surface area contributed by atoms with Crippen LogP contribution in [0, 0.1) is 5.92 Å². The van der Waals surface area contributed by atoms with Gasteiger partial charge in [0.2, 0.25) is 0 Å². The Morgan fingerprint density at radius 2 is 2.10 bits per heavy atom. The van der Waals surface area contributed by atoms with Crippen LogP contribution in [0.25, 0.3) is 0 Å². The summed E-state index contributed by atoms with van der Waals surface area (Å²) in [5.41, 5.74) is 0. The second kappa shape index (κ2) is 2.72. The van der Waals surface area contributed by atoms with Gasteiger partial charge in [-0.2, -0.15) is 0 Å². The van der Waals surface area contributed by atoms with Crippen molar-refractivity contribution in [3.05, 3.63) is 0 Å². The molecule has 0 aromatic heterocycles. The Morgan fingerprint density at radius 1 is 1.40 bits per heavy atom. The van der Waals surface area contributed by atoms with Crippen LogP contribution in [0.4, 0.5) is 0 Å². The van der Waals surface area contributed by atoms with E-state index < -0.39 is 8.60 Å². The molecule has 0 radical (unpaired) electrons. The summed E-state index contributed by atoms with van der Waals surface area (Å²) in [6, 6.07) is 0. The lowest BCUT2D eigenvalue weighted by Gasteiger charge is -2.38. The molecule has 0 aromatic rings. The molecule has 0 spiro atoms. The Labute approximate surface area is 60.4 Å². The molecular formula is C5H9O4P. The topological polar surface area (TPSA) is 36.9 Å². The van der Waals surface area contributed by atoms with E-state index in [1.54, 1.807) is 7.11 Å². The molecule has 0 amide bonds. The van der Waals surface area contributed by atoms with E-state index >= 15 is 0 Å². The number of ether oxygens (including phenoxy) is 1. The molecule has 3 heterocycles. The van der Waals surface area contributed by atoms with Crippen LogP contribution >= 0.6 is 8.60 Å². The fraction of sp³-hybridized carbons (Fsp3) is 1.00. The summed E-state index contributed by atoms with van der Waals surface area (Å²) < 4.78 is 20.6. The molecule has 5 heteroatoms. The highest BCUT2D eigenvalue weighted by atomic mass is 31.2. The van der Waals surface area contributed by atoms with Crippen LogP contribution in [0.2, 0.25) is 0 Å². The van der Waals surface area contributed by atoms with E-state index in [2.05, 4.69) is 0 Å². The lowest BCUT2D eigenvalue weighted by atomic mass is 10.2. The fourth-order valence-electron chi connectivity index (χ4n) is 1.02. The number of fused-ring (bicyclic) bond motifs is 3. The van der Waals surface area contributed by atoms with Gasteiger partial charge in [-0.15, -0.1) is 0 Å². The summed E-state index contributed by atoms with van der Waals surface area (Å²) in [6.45, 7) is 1.43. The normalized spacial score (nSPS) is 45.9. The molecule has 4 nitrogen and oxygen atoms in total. The van der Waals surface area contributed by atoms with Gasteiger partial charge < -0.3 is 13.8 Å². The SMILES string of the molecule is COC1OP2OCC1CO2. The Bertz CT molecular complexity index is 123. The van der Waals surface area contributed by atoms with E-state index in [1.165, 1.54) is 0 Å². The summed E-state index contributed by atoms with van der Waals surface area (Å²) in [5, 5.41) is 0. The predicted molar refractivity (Wildman–Crippen MR) is 34.2 cm³/mol. The first-order valence-corrected chi connectivity index (χ1v) is 4.25. The Kier molecular flexibility index (Phi) is 1.89. The molecule has 58 valence electrons. The largest absolute Gasteiger partial charge is 0.355 e. The van der Waals surface area contributed by atoms with Gasteiger partial charge in [-0.1, -0.05) is 0 Å². The van der Waals surface area contributed by atoms with Crippen LogP contribution in [0.15, 0.2) is 0 Å². The van der Waals surface area contributed by atoms with Crippen LogP contribution < -0.4 is 0 Å². The maximum atomic E-state index is 5.23. The predicted octanol–water partition coefficient (Wildman–Crippen LogP) is 0.879. The van der Waals surface area contributed by atoms with Crippen LogP contribution in [-0.2, 0) is 18.3 Å². The number of methoxy groups -OCH3 is 1. The Morgan fingerprint density at radius 3 is 2.40 bits per heavy atom. The van der Waals surface area contributed by atoms with E-state index in [4.69, 9.17) is 18.3 Å². The molecule has 1 unspecified atom stereocenters. The van der Waals surface area contributed by atoms with Crippen LogP contribution in [-0.4, -0.2) is 26.6 Å². The van der Waals surface area contributed by atoms with Crippen molar-refractivity contribution in [2.45, 2.75) is 6.29 Å². The van der Waals surface area contributed by atoms with Crippen molar-refractivity contribution in [2.24, 2.45) is 5.92 Å². The third-order valence-corrected chi connectivity index (χ3v) is 2.69. The van der Waals surface area contributed by atoms with Crippen molar-refractivity contribution >= 4 is 8.60 Å². The minimum absolute atomic E-state index is 0.103. The number of hydrogen-bond acceptors (Lipinski definition) is 4. The van der Waals surface area contributed by atoms with E-state index in [-0.39, 0.29) is 12.2 Å². The summed E-state index contributed by atoms with van der Waals surface area (Å²) in [5.74, 6) is 0.262. The van der Waals surface area contributed by atoms with Gasteiger partial charge in [0.1, 0.15) is 0 Å². The van der Waals surface area contributed by atoms with Gasteiger partial charge in [-0.3, -0.25) is 4.52 Å². The first-order chi connectivity index (χ1) is 4.90. The number of rotatable bonds is 1. The van der Waals surface area contributed by atoms with Crippen LogP contribution in [0.3, 0.4) is 0 Å². The van der Waals surface area contributed by atoms with E-state index in [0.717, 1.165) is 0 Å². The zero-order valence-electron chi connectivity index (χ0n) is 5.65. The molecule has 3 fully saturated rings. The van der Waals surface area contributed by atoms with Crippen molar-refractivity contribution in [1.82, 2.24) is 0 Å². The second-order valence-corrected chi connectivity index (χ2v) is 3.46. The Hall–Kier alpha value is 0.270. The molecule has 3 saturated heterocycles. The van der Waals surface area contributed by atoms with Crippen molar-refractivity contribution in [1.29, 1.82) is 0 Å². The standard InChI is InChI=1S/C5H9O4P/c1-6-5-4-2-7-10(9-5)8-3-4/h4-5H,2-3H2,1H3. The van der Waals surface area contributed by atoms with Crippen LogP contribution in [0.5, 0.6) is 0 Å². The van der Waals surface area contributed by atoms with Gasteiger partial charge in [0.15, 0.2) is 6.29 Å². The third kappa shape index (κ3) is 1.06. The molecule has 0 saturated carbocycles. The maximum Gasteiger partial charge on any atom is 0.335 e. The van der Waals surface area contributed by atoms with Crippen molar-refractivity contribution < 1.29 is 18.3 Å². The molecule has 3 aliphatic heterocycles. The molecule has 3 aliphatic rings. The fourth-order valence-corrected chi connectivity index (χ4v) is 2.27. The first-order valence-electron chi connectivity index (χ1n) is 3.15. The average Bonchev–Trinajstić information content (AvgIpc) is 2.06. The number of hydrogen-bond donors (Lipinski definition) is 0. The summed E-state index contributed by atoms with van der Waals surface area (Å²) in [6.07, 6.45) is -0.103. The van der Waals surface area contributed by atoms with E-state index in [0.29, 0.717) is 13.2 Å². The molecule has 0 N–H and O–H groups in total. The lowest BCUT2D eigenvalue weighted by Crippen LogP contribution is -2.39. The van der Waals surface area contributed by atoms with Crippen molar-refractivity contribution in [3.63, 3.8) is 0 Å². The smallest absolute Gasteiger partial charge is 0.335 e. The third-order valence-electron chi connectivity index (χ3n) is 1.60. The van der Waals surface area contributed by atoms with Crippen molar-refractivity contribution in [3.8, 4) is 0 Å². The molecular weight excluding hydrogens is 155 g/mol. The quantitative estimate of drug-likeness (QED) is 0.539. The zero-order valence-corrected chi connectivity index (χ0v) is 6.54. The molecule has 1 atom stereocenters. The molecule has 0 aromatic carbocycles. The minimum atomic E-state index is -1.07. The monoisotopic (exact) mass is 164 g/mol. The molecule has 3 rings (SSSR count). The van der Waals surface area contributed by atoms with Crippen molar-refractivity contribution in [2.75, 3.05) is 20.3 Å². The van der Waals surface area contributed by atoms with Gasteiger partial charge in [0.25, 0.3) is 0 Å². The van der Waals surface area contributed by atoms with Gasteiger partial charge >= 0.3 is 8.60 Å². The highest BCUT2D eigenvalue weighted by molar-refractivity contribution is 7.41. The van der Waals surface area contributed by atoms with Gasteiger partial charge in [0, 0.05) is 7.11 Å². The van der Waals surface area contributed by atoms with Gasteiger partial charge in [-0.05, 0) is 0 Å². The molecule has 10 heavy (non-hydrogen) atoms. The highest BCUT2D eigenvalue weighted by Gasteiger charge is 2.39. The highest BCUT2D eigenvalue weighted by Crippen LogP contribution is 2.51. The lowest BCUT2D eigenvalue weighted by molar-refractivity contribution is -0.170. The summed E-state index contributed by atoms with van der Waals surface area (Å²) in [4.78, 5) is 0. The summed E-state index contributed by atoms with van der Waals surface area (Å²) >= 11 is 0. The van der Waals surface area contributed by atoms with Gasteiger partial charge in [-0.25, -0.2) is 0 Å². The van der Waals surface area contributed by atoms with Crippen LogP contribution in [0.1, 0.15) is 0 Å². The minimum Gasteiger partial charge on any atom is -0.355 e. The first kappa shape index (κ1) is 6.95. The van der Waals surface area contributed by atoms with Gasteiger partial charge in [0.05, 0.1) is 19.1 Å². The van der Waals surface area contributed by atoms with E-state index in [9.17, 15) is 0 Å². The second-order valence-electron chi connectivity index (χ2n) is 2.28.